The van der Waals surface area contributed by atoms with Crippen molar-refractivity contribution in [3.63, 3.8) is 0 Å². The van der Waals surface area contributed by atoms with Crippen molar-refractivity contribution in [1.82, 2.24) is 0 Å². The van der Waals surface area contributed by atoms with Crippen molar-refractivity contribution in [2.45, 2.75) is 70.4 Å². The van der Waals surface area contributed by atoms with E-state index in [-0.39, 0.29) is 0 Å². The third-order valence-corrected chi connectivity index (χ3v) is 10.6. The molecule has 0 spiro atoms. The number of rotatable bonds is 4. The quantitative estimate of drug-likeness (QED) is 0.568. The fraction of sp³-hybridized carbons (Fsp3) is 1.00. The van der Waals surface area contributed by atoms with E-state index in [0.29, 0.717) is 16.9 Å². The maximum atomic E-state index is 6.18. The van der Waals surface area contributed by atoms with Gasteiger partial charge in [-0.2, -0.15) is 0 Å². The zero-order valence-electron chi connectivity index (χ0n) is 12.2. The summed E-state index contributed by atoms with van der Waals surface area (Å²) in [5.74, 6) is 0. The minimum Gasteiger partial charge on any atom is -0.414 e. The van der Waals surface area contributed by atoms with Crippen LogP contribution in [0, 0.1) is 0 Å². The van der Waals surface area contributed by atoms with Crippen LogP contribution < -0.4 is 0 Å². The van der Waals surface area contributed by atoms with Crippen LogP contribution in [0.2, 0.25) is 37.8 Å². The summed E-state index contributed by atoms with van der Waals surface area (Å²) in [6.45, 7) is 19.4. The molecule has 4 heteroatoms. The molecule has 1 saturated heterocycles. The van der Waals surface area contributed by atoms with Gasteiger partial charge in [0.15, 0.2) is 8.32 Å². The number of epoxide rings is 1. The molecular formula is C12H28O2Si2. The van der Waals surface area contributed by atoms with E-state index in [1.54, 1.807) is 0 Å². The van der Waals surface area contributed by atoms with Crippen molar-refractivity contribution in [1.29, 1.82) is 0 Å². The van der Waals surface area contributed by atoms with Gasteiger partial charge in [-0.05, 0) is 18.1 Å². The lowest BCUT2D eigenvalue weighted by molar-refractivity contribution is 0.243. The first-order valence-electron chi connectivity index (χ1n) is 6.24. The largest absolute Gasteiger partial charge is 0.414 e. The van der Waals surface area contributed by atoms with Gasteiger partial charge in [-0.3, -0.25) is 0 Å². The summed E-state index contributed by atoms with van der Waals surface area (Å²) in [6, 6.07) is 0. The zero-order chi connectivity index (χ0) is 12.8. The second kappa shape index (κ2) is 4.23. The van der Waals surface area contributed by atoms with E-state index >= 15 is 0 Å². The number of hydrogen-bond donors (Lipinski definition) is 0. The minimum atomic E-state index is -1.58. The lowest BCUT2D eigenvalue weighted by Crippen LogP contribution is -2.42. The van der Waals surface area contributed by atoms with Gasteiger partial charge in [-0.25, -0.2) is 0 Å². The highest BCUT2D eigenvalue weighted by Gasteiger charge is 2.49. The van der Waals surface area contributed by atoms with Gasteiger partial charge in [-0.1, -0.05) is 40.4 Å². The fourth-order valence-electron chi connectivity index (χ4n) is 1.54. The molecule has 0 saturated carbocycles. The molecule has 2 atom stereocenters. The van der Waals surface area contributed by atoms with E-state index in [0.717, 1.165) is 6.61 Å². The molecule has 2 nitrogen and oxygen atoms in total. The Bertz CT molecular complexity index is 251. The van der Waals surface area contributed by atoms with Crippen LogP contribution >= 0.6 is 0 Å². The van der Waals surface area contributed by atoms with E-state index in [1.807, 2.05) is 0 Å². The average Bonchev–Trinajstić information content (AvgIpc) is 2.75. The molecule has 0 N–H and O–H groups in total. The SMILES string of the molecule is CC(C)(C)[Si](C)(C)OC[C@H]1O[C@@H]1[Si](C)(C)C. The first-order valence-corrected chi connectivity index (χ1v) is 12.7. The maximum Gasteiger partial charge on any atom is 0.192 e. The van der Waals surface area contributed by atoms with Gasteiger partial charge in [0.2, 0.25) is 0 Å². The first kappa shape index (κ1) is 14.4. The Hall–Kier alpha value is 0.354. The molecule has 0 bridgehead atoms. The Kier molecular flexibility index (Phi) is 3.81. The molecule has 96 valence electrons. The smallest absolute Gasteiger partial charge is 0.192 e. The third-order valence-electron chi connectivity index (χ3n) is 3.85. The molecule has 0 unspecified atom stereocenters. The Morgan fingerprint density at radius 2 is 1.56 bits per heavy atom. The van der Waals surface area contributed by atoms with E-state index in [9.17, 15) is 0 Å². The second-order valence-corrected chi connectivity index (χ2v) is 17.6. The van der Waals surface area contributed by atoms with Crippen LogP contribution in [0.4, 0.5) is 0 Å². The van der Waals surface area contributed by atoms with Crippen molar-refractivity contribution >= 4 is 16.4 Å². The molecule has 0 aromatic carbocycles. The molecule has 16 heavy (non-hydrogen) atoms. The summed E-state index contributed by atoms with van der Waals surface area (Å²) in [4.78, 5) is 0. The molecule has 0 aromatic rings. The summed E-state index contributed by atoms with van der Waals surface area (Å²) in [6.07, 6.45) is 0.390. The lowest BCUT2D eigenvalue weighted by atomic mass is 10.2. The van der Waals surface area contributed by atoms with Gasteiger partial charge < -0.3 is 9.16 Å². The molecule has 1 rings (SSSR count). The summed E-state index contributed by atoms with van der Waals surface area (Å²) in [5.41, 5.74) is 0.525. The fourth-order valence-corrected chi connectivity index (χ4v) is 4.35. The van der Waals surface area contributed by atoms with Crippen LogP contribution in [0.25, 0.3) is 0 Å². The Balaban J connectivity index is 2.39. The summed E-state index contributed by atoms with van der Waals surface area (Å²) in [7, 11) is -2.70. The predicted octanol–water partition coefficient (Wildman–Crippen LogP) is 3.65. The summed E-state index contributed by atoms with van der Waals surface area (Å²) >= 11 is 0. The van der Waals surface area contributed by atoms with Crippen LogP contribution in [0.15, 0.2) is 0 Å². The first-order chi connectivity index (χ1) is 6.95. The third kappa shape index (κ3) is 3.42. The van der Waals surface area contributed by atoms with Crippen molar-refractivity contribution < 1.29 is 9.16 Å². The van der Waals surface area contributed by atoms with E-state index < -0.39 is 16.4 Å². The van der Waals surface area contributed by atoms with Crippen molar-refractivity contribution in [3.8, 4) is 0 Å². The topological polar surface area (TPSA) is 21.8 Å². The Morgan fingerprint density at radius 3 is 1.88 bits per heavy atom. The van der Waals surface area contributed by atoms with E-state index in [1.165, 1.54) is 0 Å². The lowest BCUT2D eigenvalue weighted by Gasteiger charge is -2.36. The summed E-state index contributed by atoms with van der Waals surface area (Å²) < 4.78 is 11.9. The molecule has 0 aliphatic carbocycles. The molecule has 1 aliphatic rings. The van der Waals surface area contributed by atoms with Crippen LogP contribution in [0.3, 0.4) is 0 Å². The highest BCUT2D eigenvalue weighted by Crippen LogP contribution is 2.38. The highest BCUT2D eigenvalue weighted by atomic mass is 28.4. The monoisotopic (exact) mass is 260 g/mol. The second-order valence-electron chi connectivity index (χ2n) is 7.53. The Labute approximate surface area is 103 Å². The molecule has 0 aromatic heterocycles. The van der Waals surface area contributed by atoms with Gasteiger partial charge in [0, 0.05) is 0 Å². The number of hydrogen-bond acceptors (Lipinski definition) is 2. The Morgan fingerprint density at radius 1 is 1.06 bits per heavy atom. The molecule has 0 radical (unpaired) electrons. The van der Waals surface area contributed by atoms with Crippen molar-refractivity contribution in [2.24, 2.45) is 0 Å². The van der Waals surface area contributed by atoms with E-state index in [2.05, 4.69) is 53.5 Å². The van der Waals surface area contributed by atoms with Crippen molar-refractivity contribution in [3.05, 3.63) is 0 Å². The van der Waals surface area contributed by atoms with Crippen LogP contribution in [-0.4, -0.2) is 34.8 Å². The number of ether oxygens (including phenoxy) is 1. The van der Waals surface area contributed by atoms with Crippen molar-refractivity contribution in [2.75, 3.05) is 6.61 Å². The summed E-state index contributed by atoms with van der Waals surface area (Å²) in [5, 5.41) is 0.302. The van der Waals surface area contributed by atoms with E-state index in [4.69, 9.17) is 9.16 Å². The average molecular weight is 261 g/mol. The highest BCUT2D eigenvalue weighted by molar-refractivity contribution is 6.78. The molecule has 1 aliphatic heterocycles. The standard InChI is InChI=1S/C12H28O2Si2/c1-12(2,3)16(7,8)13-9-10-11(14-10)15(4,5)6/h10-11H,9H2,1-8H3/t10-,11-/m1/s1. The van der Waals surface area contributed by atoms with Crippen LogP contribution in [0.5, 0.6) is 0 Å². The van der Waals surface area contributed by atoms with Gasteiger partial charge in [0.1, 0.15) is 6.10 Å². The van der Waals surface area contributed by atoms with Crippen LogP contribution in [0.1, 0.15) is 20.8 Å². The molecular weight excluding hydrogens is 232 g/mol. The van der Waals surface area contributed by atoms with Gasteiger partial charge in [-0.15, -0.1) is 0 Å². The van der Waals surface area contributed by atoms with Gasteiger partial charge in [0.25, 0.3) is 0 Å². The predicted molar refractivity (Wildman–Crippen MR) is 75.2 cm³/mol. The van der Waals surface area contributed by atoms with Gasteiger partial charge >= 0.3 is 0 Å². The van der Waals surface area contributed by atoms with Gasteiger partial charge in [0.05, 0.1) is 20.4 Å². The van der Waals surface area contributed by atoms with Crippen LogP contribution in [-0.2, 0) is 9.16 Å². The zero-order valence-corrected chi connectivity index (χ0v) is 14.2. The minimum absolute atomic E-state index is 0.302. The normalized spacial score (nSPS) is 27.0. The molecule has 0 amide bonds. The maximum absolute atomic E-state index is 6.18. The molecule has 1 heterocycles. The molecule has 1 fully saturated rings.